The van der Waals surface area contributed by atoms with E-state index in [-0.39, 0.29) is 47.6 Å². The van der Waals surface area contributed by atoms with Crippen molar-refractivity contribution in [2.24, 2.45) is 29.6 Å². The number of carbonyl (C=O) groups is 7. The Kier molecular flexibility index (Phi) is 52.7. The first-order valence-electron chi connectivity index (χ1n) is 51.9. The molecule has 0 saturated carbocycles. The molecule has 0 bridgehead atoms. The quantitative estimate of drug-likeness (QED) is 0.0349. The number of amides is 6. The number of nitrogens with one attached hydrogen (secondary N) is 5. The van der Waals surface area contributed by atoms with Crippen LogP contribution in [0, 0.1) is 35.0 Å². The molecule has 42 heteroatoms. The van der Waals surface area contributed by atoms with Gasteiger partial charge >= 0.3 is 35.3 Å². The fraction of sp³-hybridized carbons (Fsp3) is 0.642. The summed E-state index contributed by atoms with van der Waals surface area (Å²) in [6.07, 6.45) is 26.3. The number of methoxy groups -OCH3 is 8. The molecule has 41 nitrogen and oxygen atoms in total. The number of aliphatic hydroxyl groups is 2. The van der Waals surface area contributed by atoms with Gasteiger partial charge in [0.15, 0.2) is 51.8 Å². The number of carboxylic acids is 1. The molecule has 10 aliphatic heterocycles. The number of hydrogen-bond acceptors (Lipinski definition) is 33. The lowest BCUT2D eigenvalue weighted by molar-refractivity contribution is -0.143. The van der Waals surface area contributed by atoms with E-state index in [4.69, 9.17) is 84.2 Å². The standard InChI is InChI=1S/C21H28N4O4.C16H28N2O3.2C11H20N2O.C11H19NO4.C10H9ClN2O3.C10H10N2O4.C10H13NO3.C5H11N.CH4O/c1-27-17-7-6-16(14-18(17)28-2)19-22-21(29-23-19)25-12-8-15(9-13-25)20(26)24-10-4-3-5-11-24;1-16(2,3)21-15(20)18-11-7-13(8-12-18)14(19)17-9-5-4-6-10-17;2*14-11(10-4-6-12-7-5-10)13-8-2-1-3-9-13;1-11(2,3)16-10(15)12-6-4-8(5-7-12)9(13)14;1-14-7-4-3-6(5-8(7)15-2)9-12-10(11)16-13-9;1-14-7-4-3-6(5-8(7)15-2)9-11-10(13)16-12-9;1-13-9-4-3-7(8(11)6-12)5-10(9)14-2;1-2-4-6-5-3-1;1-2/h6-7,14-15H,3-5,8-13H2,1-2H3;13H,4-12H2,1-3H3;2*10,12H,1-9H2;8H,4-7H2,1-3H3,(H,13,14);3-5H,1-2H3;3-5H,1-2H3,(H,11,12,13);3-5,11-12H,6H2,1-2H3;6H,1-5H2;2H,1H3. The van der Waals surface area contributed by atoms with Crippen molar-refractivity contribution in [2.45, 2.75) is 213 Å². The van der Waals surface area contributed by atoms with Crippen LogP contribution in [0.5, 0.6) is 46.0 Å². The fourth-order valence-electron chi connectivity index (χ4n) is 18.2. The monoisotopic (exact) mass is 2090 g/mol. The third-order valence-electron chi connectivity index (χ3n) is 26.4. The molecule has 4 aromatic carbocycles. The molecule has 0 unspecified atom stereocenters. The lowest BCUT2D eigenvalue weighted by atomic mass is 9.94. The number of hydrogen-bond donors (Lipinski definition) is 8. The molecule has 10 aliphatic rings. The van der Waals surface area contributed by atoms with Crippen molar-refractivity contribution in [3.8, 4) is 80.2 Å². The van der Waals surface area contributed by atoms with E-state index in [1.807, 2.05) is 69.5 Å². The van der Waals surface area contributed by atoms with Gasteiger partial charge in [0.05, 0.1) is 75.1 Å². The Balaban J connectivity index is 0.000000206. The van der Waals surface area contributed by atoms with E-state index in [1.54, 1.807) is 107 Å². The number of aromatic amines is 1. The SMILES string of the molecule is C1CCNCC1.CC(C)(C)OC(=O)N1CCC(C(=O)N2CCCCC2)CC1.CC(C)(C)OC(=O)N1CCC(C(=O)O)CC1.CO.COc1ccc(-c2noc(=O)[nH]2)cc1OC.COc1ccc(-c2noc(Cl)n2)cc1OC.COc1ccc(-c2noc(N3CCC(C(=O)N4CCCCC4)CC3)n2)cc1OC.COc1ccc(C(=N)CO)cc1OC.O=C(C1CCNCC1)N1CCCCC1.O=C(C1CCNCC1)N1CCCCC1. The Hall–Kier alpha value is -12.0. The third-order valence-corrected chi connectivity index (χ3v) is 26.6. The molecule has 10 saturated heterocycles. The molecular formula is C106H162ClN17O24. The number of halogens is 1. The number of ether oxygens (including phenoxy) is 10. The van der Waals surface area contributed by atoms with Gasteiger partial charge in [0.2, 0.25) is 35.3 Å². The maximum Gasteiger partial charge on any atom is 0.439 e. The van der Waals surface area contributed by atoms with E-state index in [9.17, 15) is 38.4 Å². The topological polar surface area (TPSA) is 492 Å². The minimum absolute atomic E-state index is 0.00443. The van der Waals surface area contributed by atoms with Crippen molar-refractivity contribution in [2.75, 3.05) is 206 Å². The first kappa shape index (κ1) is 121. The van der Waals surface area contributed by atoms with Gasteiger partial charge in [0, 0.05) is 145 Å². The van der Waals surface area contributed by atoms with Crippen molar-refractivity contribution in [1.29, 1.82) is 5.41 Å². The Bertz CT molecular complexity index is 5080. The first-order chi connectivity index (χ1) is 71.3. The van der Waals surface area contributed by atoms with Gasteiger partial charge < -0.3 is 127 Å². The number of rotatable bonds is 19. The number of nitrogens with zero attached hydrogens (tertiary/aromatic N) is 12. The summed E-state index contributed by atoms with van der Waals surface area (Å²) >= 11 is 5.55. The molecule has 13 heterocycles. The van der Waals surface area contributed by atoms with Crippen LogP contribution in [-0.4, -0.2) is 335 Å². The summed E-state index contributed by atoms with van der Waals surface area (Å²) in [7, 11) is 13.5. The van der Waals surface area contributed by atoms with Crippen molar-refractivity contribution in [3.63, 3.8) is 0 Å². The summed E-state index contributed by atoms with van der Waals surface area (Å²) in [4.78, 5) is 119. The summed E-state index contributed by atoms with van der Waals surface area (Å²) in [6, 6.07) is 21.6. The summed E-state index contributed by atoms with van der Waals surface area (Å²) in [5.41, 5.74) is 2.05. The van der Waals surface area contributed by atoms with E-state index < -0.39 is 22.9 Å². The smallest absolute Gasteiger partial charge is 0.439 e. The number of likely N-dealkylation sites (tertiary alicyclic amines) is 6. The highest BCUT2D eigenvalue weighted by molar-refractivity contribution is 6.27. The van der Waals surface area contributed by atoms with Gasteiger partial charge in [0.1, 0.15) is 11.2 Å². The molecule has 10 fully saturated rings. The van der Waals surface area contributed by atoms with E-state index in [2.05, 4.69) is 70.1 Å². The molecule has 17 rings (SSSR count). The zero-order valence-electron chi connectivity index (χ0n) is 89.5. The van der Waals surface area contributed by atoms with E-state index >= 15 is 0 Å². The zero-order chi connectivity index (χ0) is 108. The summed E-state index contributed by atoms with van der Waals surface area (Å²) in [5, 5.41) is 53.3. The number of H-pyrrole nitrogens is 1. The van der Waals surface area contributed by atoms with Gasteiger partial charge in [-0.3, -0.25) is 33.5 Å². The molecular weight excluding hydrogens is 1930 g/mol. The van der Waals surface area contributed by atoms with Crippen LogP contribution in [0.4, 0.5) is 15.6 Å². The van der Waals surface area contributed by atoms with E-state index in [1.165, 1.54) is 97.9 Å². The Morgan fingerprint density at radius 2 is 0.696 bits per heavy atom. The molecule has 8 N–H and O–H groups in total. The second kappa shape index (κ2) is 64.4. The van der Waals surface area contributed by atoms with E-state index in [0.717, 1.165) is 187 Å². The number of aliphatic carboxylic acids is 1. The molecule has 148 heavy (non-hydrogen) atoms. The largest absolute Gasteiger partial charge is 0.493 e. The molecule has 0 atom stereocenters. The van der Waals surface area contributed by atoms with Crippen LogP contribution in [0.3, 0.4) is 0 Å². The molecule has 3 aromatic heterocycles. The minimum atomic E-state index is -0.774. The number of carbonyl (C=O) groups excluding carboxylic acids is 6. The highest BCUT2D eigenvalue weighted by Crippen LogP contribution is 2.37. The second-order valence-corrected chi connectivity index (χ2v) is 39.4. The first-order valence-corrected chi connectivity index (χ1v) is 52.3. The van der Waals surface area contributed by atoms with Crippen LogP contribution in [0.15, 0.2) is 91.2 Å². The summed E-state index contributed by atoms with van der Waals surface area (Å²) in [6.45, 7) is 28.7. The number of benzene rings is 4. The average Bonchev–Trinajstić information content (AvgIpc) is 1.61. The highest BCUT2D eigenvalue weighted by Gasteiger charge is 2.37. The number of aliphatic hydroxyl groups excluding tert-OH is 2. The van der Waals surface area contributed by atoms with Gasteiger partial charge in [-0.05, 0) is 319 Å². The number of anilines is 1. The lowest BCUT2D eigenvalue weighted by Crippen LogP contribution is -2.46. The predicted molar refractivity (Wildman–Crippen MR) is 561 cm³/mol. The predicted octanol–water partition coefficient (Wildman–Crippen LogP) is 14.2. The van der Waals surface area contributed by atoms with Crippen molar-refractivity contribution < 1.29 is 110 Å². The molecule has 822 valence electrons. The zero-order valence-corrected chi connectivity index (χ0v) is 90.3. The van der Waals surface area contributed by atoms with Gasteiger partial charge in [-0.2, -0.15) is 9.97 Å². The van der Waals surface area contributed by atoms with Crippen molar-refractivity contribution in [1.82, 2.24) is 75.8 Å². The second-order valence-electron chi connectivity index (χ2n) is 39.1. The fourth-order valence-corrected chi connectivity index (χ4v) is 18.3. The maximum atomic E-state index is 12.7. The Labute approximate surface area is 875 Å². The van der Waals surface area contributed by atoms with Crippen LogP contribution in [0.1, 0.15) is 208 Å². The molecule has 6 amide bonds. The van der Waals surface area contributed by atoms with Crippen LogP contribution < -0.4 is 64.5 Å². The number of carboxylic acid groups (broad SMARTS) is 1. The minimum Gasteiger partial charge on any atom is -0.493 e. The van der Waals surface area contributed by atoms with Gasteiger partial charge in [-0.1, -0.05) is 21.9 Å². The Morgan fingerprint density at radius 1 is 0.378 bits per heavy atom. The van der Waals surface area contributed by atoms with Gasteiger partial charge in [-0.25, -0.2) is 14.4 Å². The summed E-state index contributed by atoms with van der Waals surface area (Å²) in [5.74, 6) is 6.71. The molecule has 0 spiro atoms. The van der Waals surface area contributed by atoms with Gasteiger partial charge in [-0.15, -0.1) is 0 Å². The number of piperidine rings is 10. The highest BCUT2D eigenvalue weighted by atomic mass is 35.5. The normalized spacial score (nSPS) is 17.4. The molecule has 0 radical (unpaired) electrons. The number of aromatic nitrogens is 6. The lowest BCUT2D eigenvalue weighted by Gasteiger charge is -2.36. The van der Waals surface area contributed by atoms with Crippen LogP contribution in [0.2, 0.25) is 5.35 Å². The van der Waals surface area contributed by atoms with Crippen molar-refractivity contribution >= 4 is 65.1 Å². The summed E-state index contributed by atoms with van der Waals surface area (Å²) < 4.78 is 66.4. The Morgan fingerprint density at radius 3 is 1.01 bits per heavy atom. The van der Waals surface area contributed by atoms with E-state index in [0.29, 0.717) is 155 Å². The average molecular weight is 2090 g/mol. The molecule has 7 aromatic rings. The third kappa shape index (κ3) is 40.1. The van der Waals surface area contributed by atoms with Crippen LogP contribution in [0.25, 0.3) is 34.2 Å². The molecule has 0 aliphatic carbocycles. The van der Waals surface area contributed by atoms with Crippen LogP contribution in [-0.2, 0) is 33.4 Å². The van der Waals surface area contributed by atoms with Crippen LogP contribution >= 0.6 is 11.6 Å². The van der Waals surface area contributed by atoms with Crippen molar-refractivity contribution in [3.05, 3.63) is 94.3 Å². The van der Waals surface area contributed by atoms with Gasteiger partial charge in [0.25, 0.3) is 0 Å². The maximum absolute atomic E-state index is 12.7.